The maximum atomic E-state index is 11.2. The Morgan fingerprint density at radius 2 is 2.27 bits per heavy atom. The lowest BCUT2D eigenvalue weighted by molar-refractivity contribution is 0.466. The number of sulfone groups is 1. The Bertz CT molecular complexity index is 321. The summed E-state index contributed by atoms with van der Waals surface area (Å²) >= 11 is 0. The van der Waals surface area contributed by atoms with Gasteiger partial charge in [0.25, 0.3) is 0 Å². The Hall–Kier alpha value is -0.350. The van der Waals surface area contributed by atoms with Crippen molar-refractivity contribution in [2.75, 3.05) is 11.5 Å². The lowest BCUT2D eigenvalue weighted by atomic mass is 9.95. The highest BCUT2D eigenvalue weighted by molar-refractivity contribution is 7.91. The van der Waals surface area contributed by atoms with Crippen molar-refractivity contribution in [3.63, 3.8) is 0 Å². The summed E-state index contributed by atoms with van der Waals surface area (Å²) in [5, 5.41) is 0. The van der Waals surface area contributed by atoms with Gasteiger partial charge in [-0.1, -0.05) is 19.1 Å². The fraction of sp³-hybridized carbons (Fsp3) is 0.818. The van der Waals surface area contributed by atoms with Crippen LogP contribution in [0.2, 0.25) is 0 Å². The molecule has 0 aliphatic carbocycles. The third-order valence-corrected chi connectivity index (χ3v) is 4.85. The summed E-state index contributed by atoms with van der Waals surface area (Å²) in [6.07, 6.45) is 3.39. The van der Waals surface area contributed by atoms with Gasteiger partial charge in [0.05, 0.1) is 11.5 Å². The summed E-state index contributed by atoms with van der Waals surface area (Å²) in [6, 6.07) is 0.0794. The molecular formula is C11H21NO2S. The summed E-state index contributed by atoms with van der Waals surface area (Å²) in [7, 11) is -2.75. The quantitative estimate of drug-likeness (QED) is 0.729. The predicted molar refractivity (Wildman–Crippen MR) is 63.4 cm³/mol. The maximum Gasteiger partial charge on any atom is 0.150 e. The van der Waals surface area contributed by atoms with Crippen LogP contribution in [0.4, 0.5) is 0 Å². The van der Waals surface area contributed by atoms with Crippen molar-refractivity contribution in [2.45, 2.75) is 38.6 Å². The number of hydrogen-bond acceptors (Lipinski definition) is 3. The first kappa shape index (κ1) is 12.7. The average Bonchev–Trinajstić information content (AvgIpc) is 2.44. The van der Waals surface area contributed by atoms with E-state index < -0.39 is 9.84 Å². The Kier molecular flexibility index (Phi) is 4.34. The van der Waals surface area contributed by atoms with Crippen LogP contribution >= 0.6 is 0 Å². The first-order valence-corrected chi connectivity index (χ1v) is 7.37. The molecule has 2 atom stereocenters. The number of rotatable bonds is 5. The van der Waals surface area contributed by atoms with Crippen LogP contribution in [0, 0.1) is 5.92 Å². The highest BCUT2D eigenvalue weighted by Crippen LogP contribution is 2.24. The molecule has 15 heavy (non-hydrogen) atoms. The van der Waals surface area contributed by atoms with E-state index in [-0.39, 0.29) is 12.0 Å². The van der Waals surface area contributed by atoms with Gasteiger partial charge >= 0.3 is 0 Å². The fourth-order valence-corrected chi connectivity index (χ4v) is 3.96. The second-order valence-corrected chi connectivity index (χ2v) is 6.80. The van der Waals surface area contributed by atoms with Crippen LogP contribution in [-0.4, -0.2) is 26.0 Å². The molecule has 0 saturated carbocycles. The van der Waals surface area contributed by atoms with Crippen molar-refractivity contribution in [2.24, 2.45) is 11.7 Å². The minimum absolute atomic E-state index is 0.0794. The van der Waals surface area contributed by atoms with E-state index >= 15 is 0 Å². The minimum Gasteiger partial charge on any atom is -0.327 e. The van der Waals surface area contributed by atoms with Crippen molar-refractivity contribution in [3.8, 4) is 0 Å². The normalized spacial score (nSPS) is 26.4. The molecule has 1 aliphatic rings. The molecule has 1 fully saturated rings. The van der Waals surface area contributed by atoms with Crippen molar-refractivity contribution in [1.29, 1.82) is 0 Å². The van der Waals surface area contributed by atoms with Gasteiger partial charge in [0.15, 0.2) is 9.84 Å². The van der Waals surface area contributed by atoms with Crippen LogP contribution in [0.3, 0.4) is 0 Å². The lowest BCUT2D eigenvalue weighted by Crippen LogP contribution is -2.24. The lowest BCUT2D eigenvalue weighted by Gasteiger charge is -2.16. The number of hydrogen-bond donors (Lipinski definition) is 1. The van der Waals surface area contributed by atoms with Crippen LogP contribution in [0.1, 0.15) is 32.6 Å². The molecule has 0 spiro atoms. The van der Waals surface area contributed by atoms with Gasteiger partial charge in [0.2, 0.25) is 0 Å². The van der Waals surface area contributed by atoms with Crippen LogP contribution in [0.5, 0.6) is 0 Å². The highest BCUT2D eigenvalue weighted by atomic mass is 32.2. The summed E-state index contributed by atoms with van der Waals surface area (Å²) in [6.45, 7) is 5.98. The topological polar surface area (TPSA) is 60.2 Å². The first-order chi connectivity index (χ1) is 6.93. The first-order valence-electron chi connectivity index (χ1n) is 5.55. The zero-order valence-electron chi connectivity index (χ0n) is 9.41. The van der Waals surface area contributed by atoms with Gasteiger partial charge in [0, 0.05) is 6.04 Å². The number of nitrogens with two attached hydrogens (primary N) is 1. The summed E-state index contributed by atoms with van der Waals surface area (Å²) < 4.78 is 22.5. The second-order valence-electron chi connectivity index (χ2n) is 4.57. The highest BCUT2D eigenvalue weighted by Gasteiger charge is 2.28. The maximum absolute atomic E-state index is 11.2. The SMILES string of the molecule is C=C(CC)CC(N)CC1CCS(=O)(=O)C1. The van der Waals surface area contributed by atoms with E-state index in [1.54, 1.807) is 0 Å². The van der Waals surface area contributed by atoms with Gasteiger partial charge in [-0.3, -0.25) is 0 Å². The van der Waals surface area contributed by atoms with E-state index in [4.69, 9.17) is 5.73 Å². The monoisotopic (exact) mass is 231 g/mol. The molecule has 0 aromatic heterocycles. The van der Waals surface area contributed by atoms with Crippen molar-refractivity contribution < 1.29 is 8.42 Å². The molecule has 4 heteroatoms. The van der Waals surface area contributed by atoms with Crippen molar-refractivity contribution >= 4 is 9.84 Å². The Morgan fingerprint density at radius 1 is 1.60 bits per heavy atom. The molecule has 1 rings (SSSR count). The summed E-state index contributed by atoms with van der Waals surface area (Å²) in [4.78, 5) is 0. The smallest absolute Gasteiger partial charge is 0.150 e. The molecule has 0 radical (unpaired) electrons. The largest absolute Gasteiger partial charge is 0.327 e. The second kappa shape index (κ2) is 5.12. The standard InChI is InChI=1S/C11H21NO2S/c1-3-9(2)6-11(12)7-10-4-5-15(13,14)8-10/h10-11H,2-8,12H2,1H3. The molecule has 1 saturated heterocycles. The summed E-state index contributed by atoms with van der Waals surface area (Å²) in [5.41, 5.74) is 7.12. The molecule has 0 amide bonds. The van der Waals surface area contributed by atoms with Crippen molar-refractivity contribution in [1.82, 2.24) is 0 Å². The predicted octanol–water partition coefficient (Wildman–Crippen LogP) is 1.49. The Labute approximate surface area is 92.7 Å². The van der Waals surface area contributed by atoms with Crippen LogP contribution in [0.25, 0.3) is 0 Å². The molecule has 2 N–H and O–H groups in total. The van der Waals surface area contributed by atoms with Gasteiger partial charge in [-0.25, -0.2) is 8.42 Å². The average molecular weight is 231 g/mol. The zero-order valence-corrected chi connectivity index (χ0v) is 10.2. The van der Waals surface area contributed by atoms with Gasteiger partial charge in [0.1, 0.15) is 0 Å². The molecule has 0 aromatic carbocycles. The van der Waals surface area contributed by atoms with Crippen molar-refractivity contribution in [3.05, 3.63) is 12.2 Å². The van der Waals surface area contributed by atoms with Gasteiger partial charge < -0.3 is 5.73 Å². The van der Waals surface area contributed by atoms with Crippen LogP contribution in [0.15, 0.2) is 12.2 Å². The Morgan fingerprint density at radius 3 is 2.73 bits per heavy atom. The van der Waals surface area contributed by atoms with Crippen LogP contribution < -0.4 is 5.73 Å². The molecule has 2 unspecified atom stereocenters. The Balaban J connectivity index is 2.33. The van der Waals surface area contributed by atoms with Crippen LogP contribution in [-0.2, 0) is 9.84 Å². The minimum atomic E-state index is -2.75. The van der Waals surface area contributed by atoms with E-state index in [1.165, 1.54) is 0 Å². The van der Waals surface area contributed by atoms with E-state index in [0.29, 0.717) is 11.5 Å². The van der Waals surface area contributed by atoms with Gasteiger partial charge in [-0.05, 0) is 31.6 Å². The third-order valence-electron chi connectivity index (χ3n) is 3.01. The van der Waals surface area contributed by atoms with Gasteiger partial charge in [-0.15, -0.1) is 0 Å². The zero-order chi connectivity index (χ0) is 11.5. The summed E-state index contributed by atoms with van der Waals surface area (Å²) in [5.74, 6) is 0.952. The molecule has 0 aromatic rings. The van der Waals surface area contributed by atoms with E-state index in [9.17, 15) is 8.42 Å². The molecule has 1 heterocycles. The van der Waals surface area contributed by atoms with Gasteiger partial charge in [-0.2, -0.15) is 0 Å². The molecule has 1 aliphatic heterocycles. The molecule has 88 valence electrons. The van der Waals surface area contributed by atoms with E-state index in [0.717, 1.165) is 31.3 Å². The third kappa shape index (κ3) is 4.34. The van der Waals surface area contributed by atoms with E-state index in [2.05, 4.69) is 13.5 Å². The fourth-order valence-electron chi connectivity index (χ4n) is 2.08. The molecule has 0 bridgehead atoms. The van der Waals surface area contributed by atoms with E-state index in [1.807, 2.05) is 0 Å². The molecule has 3 nitrogen and oxygen atoms in total. The molecular weight excluding hydrogens is 210 g/mol.